The van der Waals surface area contributed by atoms with Crippen LogP contribution in [0.4, 0.5) is 10.5 Å². The highest BCUT2D eigenvalue weighted by Crippen LogP contribution is 2.32. The molecule has 2 aromatic rings. The van der Waals surface area contributed by atoms with Gasteiger partial charge in [-0.25, -0.2) is 9.59 Å². The molecule has 0 saturated heterocycles. The SMILES string of the molecule is CCCN(CCC)c1cc2c(cc1CN(Cc1cccc(C(=O)OC)c1)C(=O)O)CCC2. The third-order valence-corrected chi connectivity index (χ3v) is 5.97. The lowest BCUT2D eigenvalue weighted by atomic mass is 10.0. The Labute approximate surface area is 190 Å². The highest BCUT2D eigenvalue weighted by Gasteiger charge is 2.22. The third kappa shape index (κ3) is 5.61. The first kappa shape index (κ1) is 23.6. The number of methoxy groups -OCH3 is 1. The number of benzene rings is 2. The van der Waals surface area contributed by atoms with Gasteiger partial charge >= 0.3 is 12.1 Å². The molecule has 6 nitrogen and oxygen atoms in total. The summed E-state index contributed by atoms with van der Waals surface area (Å²) in [7, 11) is 1.34. The number of rotatable bonds is 10. The minimum absolute atomic E-state index is 0.207. The Kier molecular flexibility index (Phi) is 8.14. The number of carboxylic acid groups (broad SMARTS) is 1. The van der Waals surface area contributed by atoms with Crippen LogP contribution in [0.5, 0.6) is 0 Å². The second-order valence-electron chi connectivity index (χ2n) is 8.42. The molecule has 0 aromatic heterocycles. The maximum Gasteiger partial charge on any atom is 0.407 e. The molecule has 0 heterocycles. The quantitative estimate of drug-likeness (QED) is 0.512. The molecule has 0 fully saturated rings. The average molecular weight is 439 g/mol. The Morgan fingerprint density at radius 2 is 1.69 bits per heavy atom. The Morgan fingerprint density at radius 1 is 1.00 bits per heavy atom. The van der Waals surface area contributed by atoms with E-state index in [1.54, 1.807) is 18.2 Å². The zero-order valence-corrected chi connectivity index (χ0v) is 19.4. The van der Waals surface area contributed by atoms with Crippen molar-refractivity contribution < 1.29 is 19.4 Å². The molecule has 6 heteroatoms. The summed E-state index contributed by atoms with van der Waals surface area (Å²) in [6.07, 6.45) is 4.41. The number of carbonyl (C=O) groups is 2. The largest absolute Gasteiger partial charge is 0.465 e. The average Bonchev–Trinajstić information content (AvgIpc) is 3.25. The van der Waals surface area contributed by atoms with E-state index in [0.29, 0.717) is 12.1 Å². The van der Waals surface area contributed by atoms with Crippen molar-refractivity contribution in [3.8, 4) is 0 Å². The van der Waals surface area contributed by atoms with Gasteiger partial charge < -0.3 is 14.7 Å². The van der Waals surface area contributed by atoms with E-state index < -0.39 is 12.1 Å². The predicted molar refractivity (Wildman–Crippen MR) is 126 cm³/mol. The number of ether oxygens (including phenoxy) is 1. The first-order valence-electron chi connectivity index (χ1n) is 11.5. The van der Waals surface area contributed by atoms with E-state index in [4.69, 9.17) is 4.74 Å². The van der Waals surface area contributed by atoms with E-state index in [2.05, 4.69) is 30.9 Å². The smallest absolute Gasteiger partial charge is 0.407 e. The molecule has 0 unspecified atom stereocenters. The first-order chi connectivity index (χ1) is 15.5. The van der Waals surface area contributed by atoms with Crippen LogP contribution in [0.3, 0.4) is 0 Å². The van der Waals surface area contributed by atoms with Crippen molar-refractivity contribution in [2.75, 3.05) is 25.1 Å². The summed E-state index contributed by atoms with van der Waals surface area (Å²) in [6, 6.07) is 11.5. The number of esters is 1. The molecule has 1 aliphatic rings. The van der Waals surface area contributed by atoms with Crippen LogP contribution in [0, 0.1) is 0 Å². The molecular weight excluding hydrogens is 404 g/mol. The maximum absolute atomic E-state index is 12.2. The first-order valence-corrected chi connectivity index (χ1v) is 11.5. The van der Waals surface area contributed by atoms with Crippen molar-refractivity contribution in [1.82, 2.24) is 4.90 Å². The zero-order chi connectivity index (χ0) is 23.1. The van der Waals surface area contributed by atoms with Crippen LogP contribution in [0.1, 0.15) is 65.7 Å². The van der Waals surface area contributed by atoms with E-state index in [-0.39, 0.29) is 6.54 Å². The molecule has 0 atom stereocenters. The number of nitrogens with zero attached hydrogens (tertiary/aromatic N) is 2. The van der Waals surface area contributed by atoms with Gasteiger partial charge in [-0.15, -0.1) is 0 Å². The van der Waals surface area contributed by atoms with Crippen molar-refractivity contribution >= 4 is 17.7 Å². The minimum atomic E-state index is -0.975. The maximum atomic E-state index is 12.2. The van der Waals surface area contributed by atoms with Crippen LogP contribution in [-0.2, 0) is 30.7 Å². The number of amides is 1. The molecule has 172 valence electrons. The van der Waals surface area contributed by atoms with Gasteiger partial charge in [0.2, 0.25) is 0 Å². The molecule has 0 bridgehead atoms. The molecule has 3 rings (SSSR count). The fourth-order valence-electron chi connectivity index (χ4n) is 4.51. The van der Waals surface area contributed by atoms with Crippen LogP contribution < -0.4 is 4.90 Å². The Hall–Kier alpha value is -3.02. The minimum Gasteiger partial charge on any atom is -0.465 e. The summed E-state index contributed by atoms with van der Waals surface area (Å²) in [4.78, 5) is 27.9. The highest BCUT2D eigenvalue weighted by molar-refractivity contribution is 5.89. The van der Waals surface area contributed by atoms with Gasteiger partial charge in [-0.05, 0) is 72.6 Å². The molecule has 1 aliphatic carbocycles. The lowest BCUT2D eigenvalue weighted by molar-refractivity contribution is 0.0600. The molecule has 1 amide bonds. The number of anilines is 1. The van der Waals surface area contributed by atoms with Crippen molar-refractivity contribution in [2.45, 2.75) is 59.0 Å². The number of carbonyl (C=O) groups excluding carboxylic acids is 1. The molecule has 0 radical (unpaired) electrons. The fourth-order valence-corrected chi connectivity index (χ4v) is 4.51. The summed E-state index contributed by atoms with van der Waals surface area (Å²) in [5.74, 6) is -0.426. The van der Waals surface area contributed by atoms with Crippen LogP contribution in [0.15, 0.2) is 36.4 Å². The number of aryl methyl sites for hydroxylation is 2. The van der Waals surface area contributed by atoms with E-state index >= 15 is 0 Å². The summed E-state index contributed by atoms with van der Waals surface area (Å²) in [5, 5.41) is 9.97. The predicted octanol–water partition coefficient (Wildman–Crippen LogP) is 5.27. The molecule has 0 saturated carbocycles. The molecular formula is C26H34N2O4. The van der Waals surface area contributed by atoms with Gasteiger partial charge in [-0.1, -0.05) is 32.0 Å². The molecule has 0 spiro atoms. The Balaban J connectivity index is 1.92. The highest BCUT2D eigenvalue weighted by atomic mass is 16.5. The van der Waals surface area contributed by atoms with Gasteiger partial charge in [0.1, 0.15) is 0 Å². The topological polar surface area (TPSA) is 70.1 Å². The fraction of sp³-hybridized carbons (Fsp3) is 0.462. The normalized spacial score (nSPS) is 12.3. The summed E-state index contributed by atoms with van der Waals surface area (Å²) >= 11 is 0. The Morgan fingerprint density at radius 3 is 2.31 bits per heavy atom. The van der Waals surface area contributed by atoms with Crippen molar-refractivity contribution in [1.29, 1.82) is 0 Å². The molecule has 2 aromatic carbocycles. The van der Waals surface area contributed by atoms with Gasteiger partial charge in [-0.3, -0.25) is 4.90 Å². The summed E-state index contributed by atoms with van der Waals surface area (Å²) < 4.78 is 4.80. The lowest BCUT2D eigenvalue weighted by Crippen LogP contribution is -2.31. The number of fused-ring (bicyclic) bond motifs is 1. The number of hydrogen-bond donors (Lipinski definition) is 1. The number of hydrogen-bond acceptors (Lipinski definition) is 4. The summed E-state index contributed by atoms with van der Waals surface area (Å²) in [5.41, 5.74) is 6.13. The van der Waals surface area contributed by atoms with Crippen molar-refractivity contribution in [3.63, 3.8) is 0 Å². The van der Waals surface area contributed by atoms with Crippen LogP contribution in [-0.4, -0.2) is 42.3 Å². The van der Waals surface area contributed by atoms with Gasteiger partial charge in [-0.2, -0.15) is 0 Å². The van der Waals surface area contributed by atoms with Gasteiger partial charge in [0.05, 0.1) is 19.2 Å². The van der Waals surface area contributed by atoms with E-state index in [0.717, 1.165) is 62.0 Å². The van der Waals surface area contributed by atoms with E-state index in [9.17, 15) is 14.7 Å². The van der Waals surface area contributed by atoms with Crippen molar-refractivity contribution in [3.05, 3.63) is 64.2 Å². The van der Waals surface area contributed by atoms with Gasteiger partial charge in [0.25, 0.3) is 0 Å². The third-order valence-electron chi connectivity index (χ3n) is 5.97. The summed E-state index contributed by atoms with van der Waals surface area (Å²) in [6.45, 7) is 6.77. The molecule has 1 N–H and O–H groups in total. The van der Waals surface area contributed by atoms with Gasteiger partial charge in [0, 0.05) is 25.3 Å². The van der Waals surface area contributed by atoms with Crippen LogP contribution in [0.2, 0.25) is 0 Å². The monoisotopic (exact) mass is 438 g/mol. The Bertz CT molecular complexity index is 951. The van der Waals surface area contributed by atoms with Gasteiger partial charge in [0.15, 0.2) is 0 Å². The van der Waals surface area contributed by atoms with Crippen molar-refractivity contribution in [2.24, 2.45) is 0 Å². The molecule has 0 aliphatic heterocycles. The van der Waals surface area contributed by atoms with E-state index in [1.165, 1.54) is 23.1 Å². The standard InChI is InChI=1S/C26H34N2O4/c1-4-12-27(13-5-2)24-16-21-10-7-9-20(21)15-23(24)18-28(26(30)31)17-19-8-6-11-22(14-19)25(29)32-3/h6,8,11,14-16H,4-5,7,9-10,12-13,17-18H2,1-3H3,(H,30,31). The second kappa shape index (κ2) is 11.0. The van der Waals surface area contributed by atoms with Crippen LogP contribution >= 0.6 is 0 Å². The van der Waals surface area contributed by atoms with E-state index in [1.807, 2.05) is 6.07 Å². The molecule has 32 heavy (non-hydrogen) atoms. The van der Waals surface area contributed by atoms with Crippen LogP contribution in [0.25, 0.3) is 0 Å². The lowest BCUT2D eigenvalue weighted by Gasteiger charge is -2.29. The second-order valence-corrected chi connectivity index (χ2v) is 8.42. The zero-order valence-electron chi connectivity index (χ0n) is 19.4.